The summed E-state index contributed by atoms with van der Waals surface area (Å²) >= 11 is 0. The lowest BCUT2D eigenvalue weighted by atomic mass is 10.0. The summed E-state index contributed by atoms with van der Waals surface area (Å²) in [6.07, 6.45) is 2.15. The Morgan fingerprint density at radius 1 is 1.18 bits per heavy atom. The molecular formula is C14H21NO2. The largest absolute Gasteiger partial charge is 0.496 e. The lowest BCUT2D eigenvalue weighted by Gasteiger charge is -2.19. The first-order chi connectivity index (χ1) is 8.13. The lowest BCUT2D eigenvalue weighted by Crippen LogP contribution is -2.16. The molecule has 0 aliphatic carbocycles. The monoisotopic (exact) mass is 235 g/mol. The zero-order valence-corrected chi connectivity index (χ0v) is 11.2. The minimum Gasteiger partial charge on any atom is -0.496 e. The normalized spacial score (nSPS) is 11.8. The number of nitrogens with one attached hydrogen (secondary N) is 1. The average molecular weight is 235 g/mol. The fourth-order valence-corrected chi connectivity index (χ4v) is 1.83. The van der Waals surface area contributed by atoms with E-state index in [0.29, 0.717) is 0 Å². The molecule has 1 atom stereocenters. The van der Waals surface area contributed by atoms with Gasteiger partial charge in [0.15, 0.2) is 0 Å². The smallest absolute Gasteiger partial charge is 0.127 e. The van der Waals surface area contributed by atoms with Crippen LogP contribution in [0.5, 0.6) is 11.5 Å². The quantitative estimate of drug-likeness (QED) is 0.796. The van der Waals surface area contributed by atoms with Gasteiger partial charge in [0.2, 0.25) is 0 Å². The van der Waals surface area contributed by atoms with E-state index >= 15 is 0 Å². The van der Waals surface area contributed by atoms with Gasteiger partial charge in [-0.15, -0.1) is 0 Å². The Labute approximate surface area is 103 Å². The summed E-state index contributed by atoms with van der Waals surface area (Å²) in [7, 11) is 5.27. The second kappa shape index (κ2) is 6.30. The van der Waals surface area contributed by atoms with Gasteiger partial charge in [0.25, 0.3) is 0 Å². The van der Waals surface area contributed by atoms with Gasteiger partial charge in [0, 0.05) is 0 Å². The maximum atomic E-state index is 5.40. The van der Waals surface area contributed by atoms with Crippen LogP contribution in [0.25, 0.3) is 0 Å². The molecule has 94 valence electrons. The molecule has 0 spiro atoms. The molecular weight excluding hydrogens is 214 g/mol. The standard InChI is InChI=1S/C14H21NO2/c1-10(2)9-11(15-3)14-12(16-4)7-6-8-13(14)17-5/h6-9,11,15H,1-5H3. The predicted molar refractivity (Wildman–Crippen MR) is 70.8 cm³/mol. The number of rotatable bonds is 5. The van der Waals surface area contributed by atoms with Gasteiger partial charge >= 0.3 is 0 Å². The van der Waals surface area contributed by atoms with E-state index in [-0.39, 0.29) is 6.04 Å². The number of ether oxygens (including phenoxy) is 2. The minimum atomic E-state index is 0.0890. The third-order valence-corrected chi connectivity index (χ3v) is 2.59. The van der Waals surface area contributed by atoms with Crippen molar-refractivity contribution in [1.29, 1.82) is 0 Å². The molecule has 0 aromatic heterocycles. The zero-order chi connectivity index (χ0) is 12.8. The summed E-state index contributed by atoms with van der Waals surface area (Å²) in [6, 6.07) is 5.91. The summed E-state index contributed by atoms with van der Waals surface area (Å²) in [5.41, 5.74) is 2.28. The van der Waals surface area contributed by atoms with Crippen molar-refractivity contribution in [1.82, 2.24) is 5.32 Å². The Kier molecular flexibility index (Phi) is 5.04. The molecule has 0 bridgehead atoms. The van der Waals surface area contributed by atoms with E-state index in [1.54, 1.807) is 14.2 Å². The first-order valence-corrected chi connectivity index (χ1v) is 5.67. The van der Waals surface area contributed by atoms with Crippen LogP contribution in [0.4, 0.5) is 0 Å². The predicted octanol–water partition coefficient (Wildman–Crippen LogP) is 2.93. The molecule has 1 aromatic rings. The average Bonchev–Trinajstić information content (AvgIpc) is 2.34. The van der Waals surface area contributed by atoms with E-state index in [0.717, 1.165) is 17.1 Å². The fraction of sp³-hybridized carbons (Fsp3) is 0.429. The fourth-order valence-electron chi connectivity index (χ4n) is 1.83. The molecule has 1 rings (SSSR count). The number of hydrogen-bond acceptors (Lipinski definition) is 3. The summed E-state index contributed by atoms with van der Waals surface area (Å²) in [6.45, 7) is 4.15. The molecule has 1 unspecified atom stereocenters. The van der Waals surface area contributed by atoms with Gasteiger partial charge in [0.1, 0.15) is 11.5 Å². The third kappa shape index (κ3) is 3.24. The third-order valence-electron chi connectivity index (χ3n) is 2.59. The summed E-state index contributed by atoms with van der Waals surface area (Å²) < 4.78 is 10.8. The van der Waals surface area contributed by atoms with Gasteiger partial charge in [0.05, 0.1) is 25.8 Å². The van der Waals surface area contributed by atoms with Crippen molar-refractivity contribution in [3.8, 4) is 11.5 Å². The van der Waals surface area contributed by atoms with Crippen LogP contribution in [0.1, 0.15) is 25.5 Å². The molecule has 3 nitrogen and oxygen atoms in total. The van der Waals surface area contributed by atoms with Crippen LogP contribution in [0.15, 0.2) is 29.8 Å². The molecule has 0 fully saturated rings. The SMILES string of the molecule is CNC(C=C(C)C)c1c(OC)cccc1OC. The Morgan fingerprint density at radius 3 is 2.06 bits per heavy atom. The second-order valence-corrected chi connectivity index (χ2v) is 4.09. The molecule has 0 saturated heterocycles. The van der Waals surface area contributed by atoms with Gasteiger partial charge in [-0.05, 0) is 33.0 Å². The minimum absolute atomic E-state index is 0.0890. The maximum absolute atomic E-state index is 5.40. The van der Waals surface area contributed by atoms with Crippen molar-refractivity contribution >= 4 is 0 Å². The molecule has 1 N–H and O–H groups in total. The zero-order valence-electron chi connectivity index (χ0n) is 11.2. The second-order valence-electron chi connectivity index (χ2n) is 4.09. The van der Waals surface area contributed by atoms with E-state index in [9.17, 15) is 0 Å². The van der Waals surface area contributed by atoms with Crippen molar-refractivity contribution in [2.24, 2.45) is 0 Å². The van der Waals surface area contributed by atoms with E-state index in [1.807, 2.05) is 25.2 Å². The molecule has 0 aliphatic heterocycles. The molecule has 0 heterocycles. The van der Waals surface area contributed by atoms with Crippen LogP contribution < -0.4 is 14.8 Å². The first-order valence-electron chi connectivity index (χ1n) is 5.67. The Balaban J connectivity index is 3.29. The number of hydrogen-bond donors (Lipinski definition) is 1. The van der Waals surface area contributed by atoms with Crippen molar-refractivity contribution in [2.45, 2.75) is 19.9 Å². The number of methoxy groups -OCH3 is 2. The highest BCUT2D eigenvalue weighted by Gasteiger charge is 2.17. The Bertz CT molecular complexity index is 373. The van der Waals surface area contributed by atoms with Gasteiger partial charge in [-0.1, -0.05) is 17.7 Å². The highest BCUT2D eigenvalue weighted by molar-refractivity contribution is 5.48. The molecule has 1 aromatic carbocycles. The van der Waals surface area contributed by atoms with Gasteiger partial charge in [-0.25, -0.2) is 0 Å². The molecule has 0 amide bonds. The number of likely N-dealkylation sites (N-methyl/N-ethyl adjacent to an activating group) is 1. The van der Waals surface area contributed by atoms with E-state index in [4.69, 9.17) is 9.47 Å². The summed E-state index contributed by atoms with van der Waals surface area (Å²) in [5.74, 6) is 1.67. The molecule has 0 saturated carbocycles. The Morgan fingerprint density at radius 2 is 1.71 bits per heavy atom. The van der Waals surface area contributed by atoms with E-state index in [2.05, 4.69) is 25.2 Å². The highest BCUT2D eigenvalue weighted by Crippen LogP contribution is 2.34. The summed E-state index contributed by atoms with van der Waals surface area (Å²) in [4.78, 5) is 0. The lowest BCUT2D eigenvalue weighted by molar-refractivity contribution is 0.379. The van der Waals surface area contributed by atoms with Crippen molar-refractivity contribution in [2.75, 3.05) is 21.3 Å². The molecule has 0 aliphatic rings. The summed E-state index contributed by atoms with van der Waals surface area (Å²) in [5, 5.41) is 3.26. The van der Waals surface area contributed by atoms with Crippen LogP contribution in [-0.2, 0) is 0 Å². The maximum Gasteiger partial charge on any atom is 0.127 e. The number of benzene rings is 1. The van der Waals surface area contributed by atoms with Gasteiger partial charge < -0.3 is 14.8 Å². The number of allylic oxidation sites excluding steroid dienone is 1. The van der Waals surface area contributed by atoms with Crippen LogP contribution in [0.3, 0.4) is 0 Å². The topological polar surface area (TPSA) is 30.5 Å². The molecule has 0 radical (unpaired) electrons. The molecule has 3 heteroatoms. The van der Waals surface area contributed by atoms with Crippen LogP contribution in [0.2, 0.25) is 0 Å². The van der Waals surface area contributed by atoms with Crippen molar-refractivity contribution < 1.29 is 9.47 Å². The highest BCUT2D eigenvalue weighted by atomic mass is 16.5. The van der Waals surface area contributed by atoms with Crippen LogP contribution in [0, 0.1) is 0 Å². The van der Waals surface area contributed by atoms with Gasteiger partial charge in [-0.2, -0.15) is 0 Å². The van der Waals surface area contributed by atoms with Crippen molar-refractivity contribution in [3.05, 3.63) is 35.4 Å². The molecule has 17 heavy (non-hydrogen) atoms. The van der Waals surface area contributed by atoms with E-state index < -0.39 is 0 Å². The van der Waals surface area contributed by atoms with Crippen LogP contribution >= 0.6 is 0 Å². The van der Waals surface area contributed by atoms with Crippen molar-refractivity contribution in [3.63, 3.8) is 0 Å². The van der Waals surface area contributed by atoms with E-state index in [1.165, 1.54) is 5.57 Å². The Hall–Kier alpha value is -1.48. The van der Waals surface area contributed by atoms with Gasteiger partial charge in [-0.3, -0.25) is 0 Å². The van der Waals surface area contributed by atoms with Crippen LogP contribution in [-0.4, -0.2) is 21.3 Å². The first kappa shape index (κ1) is 13.6.